The Kier molecular flexibility index (Phi) is 3.79. The van der Waals surface area contributed by atoms with Crippen LogP contribution in [0.15, 0.2) is 18.2 Å². The summed E-state index contributed by atoms with van der Waals surface area (Å²) in [5.74, 6) is -0.168. The highest BCUT2D eigenvalue weighted by atomic mass is 19.1. The number of ether oxygens (including phenoxy) is 1. The molecule has 0 radical (unpaired) electrons. The number of rotatable bonds is 5. The van der Waals surface area contributed by atoms with Crippen LogP contribution in [0.25, 0.3) is 0 Å². The number of nitrogens with one attached hydrogen (secondary N) is 1. The Labute approximate surface area is 102 Å². The molecule has 94 valence electrons. The molecule has 1 aliphatic carbocycles. The number of hydrogen-bond acceptors (Lipinski definition) is 2. The van der Waals surface area contributed by atoms with Crippen molar-refractivity contribution in [3.8, 4) is 0 Å². The van der Waals surface area contributed by atoms with E-state index in [0.29, 0.717) is 0 Å². The van der Waals surface area contributed by atoms with Crippen LogP contribution in [0, 0.1) is 12.7 Å². The van der Waals surface area contributed by atoms with E-state index in [1.165, 1.54) is 12.5 Å². The normalized spacial score (nSPS) is 17.8. The molecule has 0 heterocycles. The van der Waals surface area contributed by atoms with Crippen molar-refractivity contribution >= 4 is 0 Å². The second-order valence-electron chi connectivity index (χ2n) is 4.92. The van der Waals surface area contributed by atoms with Crippen molar-refractivity contribution in [2.45, 2.75) is 38.3 Å². The molecule has 0 aliphatic heterocycles. The Morgan fingerprint density at radius 1 is 1.41 bits per heavy atom. The summed E-state index contributed by atoms with van der Waals surface area (Å²) in [5.41, 5.74) is 2.20. The number of halogens is 1. The first-order chi connectivity index (χ1) is 8.15. The Morgan fingerprint density at radius 2 is 2.18 bits per heavy atom. The maximum Gasteiger partial charge on any atom is 0.123 e. The minimum atomic E-state index is -0.168. The molecule has 0 spiro atoms. The summed E-state index contributed by atoms with van der Waals surface area (Å²) in [5, 5.41) is 3.41. The van der Waals surface area contributed by atoms with Gasteiger partial charge in [0.05, 0.1) is 5.60 Å². The highest BCUT2D eigenvalue weighted by Gasteiger charge is 2.36. The Hall–Kier alpha value is -0.930. The third-order valence-electron chi connectivity index (χ3n) is 3.77. The molecule has 0 amide bonds. The molecule has 0 atom stereocenters. The van der Waals surface area contributed by atoms with E-state index < -0.39 is 0 Å². The van der Waals surface area contributed by atoms with Gasteiger partial charge < -0.3 is 10.1 Å². The molecule has 0 saturated heterocycles. The fourth-order valence-electron chi connectivity index (χ4n) is 2.31. The van der Waals surface area contributed by atoms with Gasteiger partial charge >= 0.3 is 0 Å². The largest absolute Gasteiger partial charge is 0.377 e. The van der Waals surface area contributed by atoms with Crippen molar-refractivity contribution in [2.75, 3.05) is 13.7 Å². The lowest BCUT2D eigenvalue weighted by atomic mass is 9.80. The highest BCUT2D eigenvalue weighted by molar-refractivity contribution is 5.26. The average Bonchev–Trinajstić information content (AvgIpc) is 2.25. The predicted molar refractivity (Wildman–Crippen MR) is 66.4 cm³/mol. The molecule has 17 heavy (non-hydrogen) atoms. The first-order valence-corrected chi connectivity index (χ1v) is 6.16. The molecule has 1 aromatic rings. The van der Waals surface area contributed by atoms with Gasteiger partial charge in [-0.1, -0.05) is 6.07 Å². The summed E-state index contributed by atoms with van der Waals surface area (Å²) in [7, 11) is 1.78. The molecule has 0 aromatic heterocycles. The van der Waals surface area contributed by atoms with Gasteiger partial charge in [-0.15, -0.1) is 0 Å². The van der Waals surface area contributed by atoms with Crippen molar-refractivity contribution < 1.29 is 9.13 Å². The van der Waals surface area contributed by atoms with E-state index in [-0.39, 0.29) is 11.4 Å². The van der Waals surface area contributed by atoms with Gasteiger partial charge in [0.25, 0.3) is 0 Å². The third kappa shape index (κ3) is 2.85. The van der Waals surface area contributed by atoms with E-state index in [2.05, 4.69) is 5.32 Å². The van der Waals surface area contributed by atoms with E-state index in [9.17, 15) is 4.39 Å². The molecule has 2 rings (SSSR count). The molecular weight excluding hydrogens is 217 g/mol. The number of hydrogen-bond donors (Lipinski definition) is 1. The Balaban J connectivity index is 1.85. The fourth-order valence-corrected chi connectivity index (χ4v) is 2.31. The zero-order chi connectivity index (χ0) is 12.3. The third-order valence-corrected chi connectivity index (χ3v) is 3.77. The van der Waals surface area contributed by atoms with E-state index in [1.54, 1.807) is 13.2 Å². The Bertz CT molecular complexity index is 382. The standard InChI is InChI=1S/C14H20FNO/c1-11-8-13(15)5-4-12(11)9-16-10-14(17-2)6-3-7-14/h4-5,8,16H,3,6-7,9-10H2,1-2H3. The van der Waals surface area contributed by atoms with Crippen LogP contribution in [-0.4, -0.2) is 19.3 Å². The van der Waals surface area contributed by atoms with Gasteiger partial charge in [0.2, 0.25) is 0 Å². The first-order valence-electron chi connectivity index (χ1n) is 6.16. The highest BCUT2D eigenvalue weighted by Crippen LogP contribution is 2.34. The molecular formula is C14H20FNO. The molecule has 1 aromatic carbocycles. The molecule has 1 fully saturated rings. The van der Waals surface area contributed by atoms with E-state index >= 15 is 0 Å². The summed E-state index contributed by atoms with van der Waals surface area (Å²) in [6.07, 6.45) is 3.53. The lowest BCUT2D eigenvalue weighted by Gasteiger charge is -2.40. The lowest BCUT2D eigenvalue weighted by molar-refractivity contribution is -0.0695. The van der Waals surface area contributed by atoms with Crippen LogP contribution in [0.3, 0.4) is 0 Å². The van der Waals surface area contributed by atoms with Crippen LogP contribution in [-0.2, 0) is 11.3 Å². The topological polar surface area (TPSA) is 21.3 Å². The van der Waals surface area contributed by atoms with Gasteiger partial charge in [-0.2, -0.15) is 0 Å². The van der Waals surface area contributed by atoms with Gasteiger partial charge in [-0.05, 0) is 49.4 Å². The maximum atomic E-state index is 12.9. The predicted octanol–water partition coefficient (Wildman–Crippen LogP) is 2.79. The Morgan fingerprint density at radius 3 is 2.71 bits per heavy atom. The molecule has 3 heteroatoms. The minimum Gasteiger partial charge on any atom is -0.377 e. The number of aryl methyl sites for hydroxylation is 1. The van der Waals surface area contributed by atoms with Crippen molar-refractivity contribution in [1.82, 2.24) is 5.32 Å². The van der Waals surface area contributed by atoms with Gasteiger partial charge in [0, 0.05) is 20.2 Å². The molecule has 0 bridgehead atoms. The van der Waals surface area contributed by atoms with Crippen LogP contribution in [0.1, 0.15) is 30.4 Å². The van der Waals surface area contributed by atoms with Crippen molar-refractivity contribution in [1.29, 1.82) is 0 Å². The van der Waals surface area contributed by atoms with E-state index in [4.69, 9.17) is 4.74 Å². The van der Waals surface area contributed by atoms with Crippen molar-refractivity contribution in [2.24, 2.45) is 0 Å². The van der Waals surface area contributed by atoms with Crippen LogP contribution in [0.5, 0.6) is 0 Å². The molecule has 1 aliphatic rings. The zero-order valence-electron chi connectivity index (χ0n) is 10.6. The summed E-state index contributed by atoms with van der Waals surface area (Å²) < 4.78 is 18.5. The molecule has 0 unspecified atom stereocenters. The monoisotopic (exact) mass is 237 g/mol. The first kappa shape index (κ1) is 12.5. The molecule has 1 saturated carbocycles. The van der Waals surface area contributed by atoms with Gasteiger partial charge in [0.1, 0.15) is 5.82 Å². The number of benzene rings is 1. The quantitative estimate of drug-likeness (QED) is 0.850. The van der Waals surface area contributed by atoms with Gasteiger partial charge in [-0.3, -0.25) is 0 Å². The maximum absolute atomic E-state index is 12.9. The second-order valence-corrected chi connectivity index (χ2v) is 4.92. The van der Waals surface area contributed by atoms with Crippen LogP contribution in [0.4, 0.5) is 4.39 Å². The fraction of sp³-hybridized carbons (Fsp3) is 0.571. The SMILES string of the molecule is COC1(CNCc2ccc(F)cc2C)CCC1. The lowest BCUT2D eigenvalue weighted by Crippen LogP contribution is -2.47. The number of methoxy groups -OCH3 is 1. The van der Waals surface area contributed by atoms with Gasteiger partial charge in [0.15, 0.2) is 0 Å². The minimum absolute atomic E-state index is 0.0495. The zero-order valence-corrected chi connectivity index (χ0v) is 10.6. The summed E-state index contributed by atoms with van der Waals surface area (Å²) in [4.78, 5) is 0. The second kappa shape index (κ2) is 5.15. The van der Waals surface area contributed by atoms with Gasteiger partial charge in [-0.25, -0.2) is 4.39 Å². The summed E-state index contributed by atoms with van der Waals surface area (Å²) >= 11 is 0. The summed E-state index contributed by atoms with van der Waals surface area (Å²) in [6, 6.07) is 4.93. The van der Waals surface area contributed by atoms with Crippen LogP contribution >= 0.6 is 0 Å². The van der Waals surface area contributed by atoms with E-state index in [1.807, 2.05) is 13.0 Å². The average molecular weight is 237 g/mol. The van der Waals surface area contributed by atoms with Crippen molar-refractivity contribution in [3.63, 3.8) is 0 Å². The molecule has 1 N–H and O–H groups in total. The smallest absolute Gasteiger partial charge is 0.123 e. The van der Waals surface area contributed by atoms with Crippen LogP contribution in [0.2, 0.25) is 0 Å². The van der Waals surface area contributed by atoms with E-state index in [0.717, 1.165) is 37.1 Å². The van der Waals surface area contributed by atoms with Crippen molar-refractivity contribution in [3.05, 3.63) is 35.1 Å². The summed E-state index contributed by atoms with van der Waals surface area (Å²) in [6.45, 7) is 3.59. The molecule has 2 nitrogen and oxygen atoms in total. The van der Waals surface area contributed by atoms with Crippen LogP contribution < -0.4 is 5.32 Å².